The van der Waals surface area contributed by atoms with E-state index in [1.165, 1.54) is 20.8 Å². The summed E-state index contributed by atoms with van der Waals surface area (Å²) in [6, 6.07) is -1.34. The average molecular weight is 266 g/mol. The molecule has 0 aromatic heterocycles. The molecule has 0 saturated heterocycles. The third kappa shape index (κ3) is 5.14. The summed E-state index contributed by atoms with van der Waals surface area (Å²) in [5.41, 5.74) is 4.88. The Morgan fingerprint density at radius 1 is 1.35 bits per heavy atom. The largest absolute Gasteiger partial charge is 0.480 e. The molecule has 4 N–H and O–H groups in total. The lowest BCUT2D eigenvalue weighted by Gasteiger charge is -2.22. The molecule has 0 spiro atoms. The Hall–Kier alpha value is -1.15. The van der Waals surface area contributed by atoms with Crippen LogP contribution < -0.4 is 10.5 Å². The predicted octanol–water partition coefficient (Wildman–Crippen LogP) is -0.577. The van der Waals surface area contributed by atoms with Crippen LogP contribution in [0.3, 0.4) is 0 Å². The number of carboxylic acids is 1. The van der Waals surface area contributed by atoms with Crippen LogP contribution in [0.2, 0.25) is 0 Å². The number of aliphatic carboxylic acids is 1. The van der Waals surface area contributed by atoms with Gasteiger partial charge >= 0.3 is 5.97 Å². The minimum Gasteiger partial charge on any atom is -0.480 e. The monoisotopic (exact) mass is 266 g/mol. The van der Waals surface area contributed by atoms with E-state index in [9.17, 15) is 18.0 Å². The van der Waals surface area contributed by atoms with E-state index in [2.05, 4.69) is 4.72 Å². The molecule has 0 fully saturated rings. The van der Waals surface area contributed by atoms with E-state index in [4.69, 9.17) is 10.8 Å². The van der Waals surface area contributed by atoms with Gasteiger partial charge in [-0.15, -0.1) is 0 Å². The molecule has 0 radical (unpaired) electrons. The van der Waals surface area contributed by atoms with Crippen molar-refractivity contribution in [1.29, 1.82) is 0 Å². The highest BCUT2D eigenvalue weighted by Gasteiger charge is 2.33. The van der Waals surface area contributed by atoms with Crippen LogP contribution >= 0.6 is 0 Å². The molecule has 8 heteroatoms. The lowest BCUT2D eigenvalue weighted by molar-refractivity contribution is -0.139. The molecule has 0 aromatic rings. The van der Waals surface area contributed by atoms with Gasteiger partial charge in [-0.25, -0.2) is 13.1 Å². The van der Waals surface area contributed by atoms with Gasteiger partial charge in [-0.2, -0.15) is 0 Å². The molecule has 0 aliphatic rings. The van der Waals surface area contributed by atoms with Crippen molar-refractivity contribution in [2.45, 2.75) is 44.4 Å². The van der Waals surface area contributed by atoms with Crippen LogP contribution in [0, 0.1) is 0 Å². The first-order valence-electron chi connectivity index (χ1n) is 5.00. The summed E-state index contributed by atoms with van der Waals surface area (Å²) in [4.78, 5) is 21.4. The fourth-order valence-corrected chi connectivity index (χ4v) is 1.83. The molecular weight excluding hydrogens is 248 g/mol. The third-order valence-electron chi connectivity index (χ3n) is 2.08. The Morgan fingerprint density at radius 3 is 2.12 bits per heavy atom. The highest BCUT2D eigenvalue weighted by atomic mass is 32.2. The highest BCUT2D eigenvalue weighted by Crippen LogP contribution is 2.14. The Kier molecular flexibility index (Phi) is 5.09. The number of carbonyl (C=O) groups excluding carboxylic acids is 1. The first-order chi connectivity index (χ1) is 7.47. The average Bonchev–Trinajstić information content (AvgIpc) is 2.09. The summed E-state index contributed by atoms with van der Waals surface area (Å²) in [7, 11) is -3.77. The maximum atomic E-state index is 11.7. The maximum Gasteiger partial charge on any atom is 0.321 e. The van der Waals surface area contributed by atoms with Gasteiger partial charge in [0.2, 0.25) is 15.9 Å². The van der Waals surface area contributed by atoms with Crippen LogP contribution in [0.5, 0.6) is 0 Å². The minimum atomic E-state index is -3.77. The minimum absolute atomic E-state index is 0.167. The van der Waals surface area contributed by atoms with E-state index >= 15 is 0 Å². The van der Waals surface area contributed by atoms with Gasteiger partial charge < -0.3 is 10.8 Å². The van der Waals surface area contributed by atoms with Crippen molar-refractivity contribution >= 4 is 21.9 Å². The molecule has 1 amide bonds. The topological polar surface area (TPSA) is 127 Å². The fraction of sp³-hybridized carbons (Fsp3) is 0.778. The smallest absolute Gasteiger partial charge is 0.321 e. The zero-order valence-electron chi connectivity index (χ0n) is 10.1. The van der Waals surface area contributed by atoms with Gasteiger partial charge in [0, 0.05) is 6.42 Å². The van der Waals surface area contributed by atoms with E-state index in [0.29, 0.717) is 0 Å². The molecule has 0 bridgehead atoms. The first kappa shape index (κ1) is 15.9. The van der Waals surface area contributed by atoms with Crippen molar-refractivity contribution in [1.82, 2.24) is 4.72 Å². The Labute approximate surface area is 100 Å². The highest BCUT2D eigenvalue weighted by molar-refractivity contribution is 7.90. The molecule has 1 atom stereocenters. The van der Waals surface area contributed by atoms with Crippen LogP contribution in [-0.4, -0.2) is 36.2 Å². The van der Waals surface area contributed by atoms with Gasteiger partial charge in [0.25, 0.3) is 0 Å². The quantitative estimate of drug-likeness (QED) is 0.593. The third-order valence-corrected chi connectivity index (χ3v) is 4.29. The van der Waals surface area contributed by atoms with E-state index in [0.717, 1.165) is 0 Å². The van der Waals surface area contributed by atoms with E-state index in [1.54, 1.807) is 0 Å². The lowest BCUT2D eigenvalue weighted by Crippen LogP contribution is -2.48. The van der Waals surface area contributed by atoms with Crippen LogP contribution in [0.4, 0.5) is 0 Å². The van der Waals surface area contributed by atoms with Crippen LogP contribution in [0.25, 0.3) is 0 Å². The van der Waals surface area contributed by atoms with Gasteiger partial charge in [-0.05, 0) is 27.2 Å². The molecular formula is C9H18N2O5S. The first-order valence-corrected chi connectivity index (χ1v) is 6.48. The summed E-state index contributed by atoms with van der Waals surface area (Å²) >= 11 is 0. The number of carboxylic acid groups (broad SMARTS) is 1. The zero-order chi connectivity index (χ0) is 13.9. The molecule has 0 aromatic carbocycles. The van der Waals surface area contributed by atoms with Crippen LogP contribution in [0.1, 0.15) is 33.6 Å². The SMILES string of the molecule is CC(C)(C)S(=O)(=O)NC(CCC(N)=O)C(=O)O. The number of hydrogen-bond acceptors (Lipinski definition) is 4. The number of amides is 1. The second kappa shape index (κ2) is 5.46. The summed E-state index contributed by atoms with van der Waals surface area (Å²) < 4.78 is 24.4. The molecule has 17 heavy (non-hydrogen) atoms. The number of carbonyl (C=O) groups is 2. The lowest BCUT2D eigenvalue weighted by atomic mass is 10.2. The van der Waals surface area contributed by atoms with E-state index in [-0.39, 0.29) is 12.8 Å². The maximum absolute atomic E-state index is 11.7. The molecule has 0 aliphatic heterocycles. The van der Waals surface area contributed by atoms with Crippen molar-refractivity contribution in [2.24, 2.45) is 5.73 Å². The van der Waals surface area contributed by atoms with Gasteiger partial charge in [0.15, 0.2) is 0 Å². The summed E-state index contributed by atoms with van der Waals surface area (Å²) in [5.74, 6) is -2.01. The predicted molar refractivity (Wildman–Crippen MR) is 61.7 cm³/mol. The molecule has 7 nitrogen and oxygen atoms in total. The normalized spacial score (nSPS) is 14.3. The Balaban J connectivity index is 4.79. The molecule has 0 saturated carbocycles. The molecule has 0 aliphatic carbocycles. The summed E-state index contributed by atoms with van der Waals surface area (Å²) in [6.07, 6.45) is -0.358. The number of nitrogens with one attached hydrogen (secondary N) is 1. The van der Waals surface area contributed by atoms with Gasteiger partial charge in [-0.1, -0.05) is 0 Å². The van der Waals surface area contributed by atoms with Gasteiger partial charge in [-0.3, -0.25) is 9.59 Å². The van der Waals surface area contributed by atoms with Crippen molar-refractivity contribution in [2.75, 3.05) is 0 Å². The zero-order valence-corrected chi connectivity index (χ0v) is 10.9. The molecule has 0 heterocycles. The fourth-order valence-electron chi connectivity index (χ4n) is 0.883. The van der Waals surface area contributed by atoms with Crippen LogP contribution in [-0.2, 0) is 19.6 Å². The number of sulfonamides is 1. The molecule has 1 unspecified atom stereocenters. The second-order valence-electron chi connectivity index (χ2n) is 4.63. The molecule has 0 rings (SSSR count). The Morgan fingerprint density at radius 2 is 1.82 bits per heavy atom. The number of primary amides is 1. The van der Waals surface area contributed by atoms with Crippen molar-refractivity contribution in [3.63, 3.8) is 0 Å². The van der Waals surface area contributed by atoms with Crippen molar-refractivity contribution in [3.05, 3.63) is 0 Å². The van der Waals surface area contributed by atoms with Gasteiger partial charge in [0.05, 0.1) is 4.75 Å². The standard InChI is InChI=1S/C9H18N2O5S/c1-9(2,3)17(15,16)11-6(8(13)14)4-5-7(10)12/h6,11H,4-5H2,1-3H3,(H2,10,12)(H,13,14). The van der Waals surface area contributed by atoms with E-state index in [1.807, 2.05) is 0 Å². The Bertz CT molecular complexity index is 396. The van der Waals surface area contributed by atoms with Crippen molar-refractivity contribution in [3.8, 4) is 0 Å². The number of nitrogens with two attached hydrogens (primary N) is 1. The van der Waals surface area contributed by atoms with Crippen molar-refractivity contribution < 1.29 is 23.1 Å². The molecule has 100 valence electrons. The summed E-state index contributed by atoms with van der Waals surface area (Å²) in [6.45, 7) is 4.34. The van der Waals surface area contributed by atoms with E-state index < -0.39 is 32.7 Å². The second-order valence-corrected chi connectivity index (χ2v) is 7.10. The van der Waals surface area contributed by atoms with Crippen LogP contribution in [0.15, 0.2) is 0 Å². The van der Waals surface area contributed by atoms with Gasteiger partial charge in [0.1, 0.15) is 6.04 Å². The number of hydrogen-bond donors (Lipinski definition) is 3. The summed E-state index contributed by atoms with van der Waals surface area (Å²) in [5, 5.41) is 8.84. The number of rotatable bonds is 6.